The molecule has 64 heavy (non-hydrogen) atoms. The maximum absolute atomic E-state index is 2.48. The van der Waals surface area contributed by atoms with E-state index in [9.17, 15) is 0 Å². The largest absolute Gasteiger partial charge is 0.310 e. The molecule has 2 aliphatic rings. The van der Waals surface area contributed by atoms with Crippen molar-refractivity contribution in [2.75, 3.05) is 9.80 Å². The van der Waals surface area contributed by atoms with Crippen LogP contribution in [-0.2, 0) is 10.8 Å². The van der Waals surface area contributed by atoms with E-state index in [0.717, 1.165) is 37.1 Å². The summed E-state index contributed by atoms with van der Waals surface area (Å²) in [6.45, 7) is 9.40. The van der Waals surface area contributed by atoms with Crippen molar-refractivity contribution < 1.29 is 0 Å². The van der Waals surface area contributed by atoms with Crippen LogP contribution < -0.4 is 9.80 Å². The lowest BCUT2D eigenvalue weighted by Crippen LogP contribution is -2.23. The lowest BCUT2D eigenvalue weighted by Gasteiger charge is -2.31. The van der Waals surface area contributed by atoms with Gasteiger partial charge in [-0.25, -0.2) is 0 Å². The molecule has 2 heteroatoms. The summed E-state index contributed by atoms with van der Waals surface area (Å²) >= 11 is 0. The molecule has 310 valence electrons. The van der Waals surface area contributed by atoms with Crippen molar-refractivity contribution in [3.8, 4) is 22.3 Å². The summed E-state index contributed by atoms with van der Waals surface area (Å²) in [5.74, 6) is 0. The Hall–Kier alpha value is -7.16. The van der Waals surface area contributed by atoms with E-state index in [4.69, 9.17) is 0 Å². The molecule has 0 heterocycles. The van der Waals surface area contributed by atoms with Crippen molar-refractivity contribution in [2.24, 2.45) is 0 Å². The number of rotatable bonds is 10. The maximum atomic E-state index is 2.48. The van der Waals surface area contributed by atoms with Gasteiger partial charge < -0.3 is 9.80 Å². The highest BCUT2D eigenvalue weighted by atomic mass is 15.1. The summed E-state index contributed by atoms with van der Waals surface area (Å²) in [6, 6.07) is 73.3. The molecule has 0 bridgehead atoms. The average molecular weight is 825 g/mol. The van der Waals surface area contributed by atoms with E-state index in [1.54, 1.807) is 0 Å². The van der Waals surface area contributed by atoms with Crippen LogP contribution in [0.2, 0.25) is 0 Å². The van der Waals surface area contributed by atoms with Crippen molar-refractivity contribution in [1.29, 1.82) is 0 Å². The molecule has 0 unspecified atom stereocenters. The second kappa shape index (κ2) is 14.7. The first kappa shape index (κ1) is 38.5. The quantitative estimate of drug-likeness (QED) is 0.127. The summed E-state index contributed by atoms with van der Waals surface area (Å²) in [5.41, 5.74) is 18.3. The van der Waals surface area contributed by atoms with Crippen LogP contribution in [0.15, 0.2) is 194 Å². The summed E-state index contributed by atoms with van der Waals surface area (Å²) < 4.78 is 0. The fourth-order valence-corrected chi connectivity index (χ4v) is 12.4. The van der Waals surface area contributed by atoms with Crippen LogP contribution in [0.1, 0.15) is 75.6 Å². The minimum Gasteiger partial charge on any atom is -0.310 e. The van der Waals surface area contributed by atoms with Gasteiger partial charge in [-0.15, -0.1) is 0 Å². The highest BCUT2D eigenvalue weighted by molar-refractivity contribution is 6.28. The second-order valence-electron chi connectivity index (χ2n) is 18.1. The standard InChI is InChI=1S/C62H52N2/c1-5-61(6-2)53-25-17-15-23-47(53)51-39-45(31-35-55(51)61)63(43-19-11-9-12-20-43)57-37-29-41-28-34-50-58(38-30-42-27-33-49(57)59(41)60(42)50)64(44-21-13-10-14-22-44)46-32-36-56-52(40-46)48-24-16-18-26-54(48)62(56,7-3)8-4/h9-40H,5-8H2,1-4H3. The van der Waals surface area contributed by atoms with Gasteiger partial charge in [-0.05, 0) is 152 Å². The Morgan fingerprint density at radius 1 is 0.312 bits per heavy atom. The Morgan fingerprint density at radius 3 is 1.08 bits per heavy atom. The van der Waals surface area contributed by atoms with Crippen molar-refractivity contribution >= 4 is 66.4 Å². The van der Waals surface area contributed by atoms with E-state index < -0.39 is 0 Å². The van der Waals surface area contributed by atoms with E-state index in [0.29, 0.717) is 0 Å². The van der Waals surface area contributed by atoms with Gasteiger partial charge in [0.15, 0.2) is 0 Å². The summed E-state index contributed by atoms with van der Waals surface area (Å²) in [6.07, 6.45) is 4.30. The molecule has 0 aliphatic heterocycles. The topological polar surface area (TPSA) is 6.48 Å². The maximum Gasteiger partial charge on any atom is 0.0540 e. The molecular formula is C62H52N2. The van der Waals surface area contributed by atoms with Gasteiger partial charge in [-0.2, -0.15) is 0 Å². The van der Waals surface area contributed by atoms with Crippen molar-refractivity contribution in [3.05, 3.63) is 216 Å². The number of para-hydroxylation sites is 2. The molecule has 2 aliphatic carbocycles. The molecule has 12 rings (SSSR count). The zero-order valence-corrected chi connectivity index (χ0v) is 37.2. The fourth-order valence-electron chi connectivity index (χ4n) is 12.4. The van der Waals surface area contributed by atoms with Gasteiger partial charge in [0.1, 0.15) is 0 Å². The minimum absolute atomic E-state index is 0.0280. The van der Waals surface area contributed by atoms with Crippen LogP contribution >= 0.6 is 0 Å². The highest BCUT2D eigenvalue weighted by Gasteiger charge is 2.42. The first-order valence-electron chi connectivity index (χ1n) is 23.4. The molecule has 0 radical (unpaired) electrons. The van der Waals surface area contributed by atoms with Crippen LogP contribution in [-0.4, -0.2) is 0 Å². The number of hydrogen-bond acceptors (Lipinski definition) is 2. The molecule has 0 saturated heterocycles. The molecule has 0 spiro atoms. The van der Waals surface area contributed by atoms with E-state index in [-0.39, 0.29) is 10.8 Å². The number of nitrogens with zero attached hydrogens (tertiary/aromatic N) is 2. The Balaban J connectivity index is 1.07. The summed E-state index contributed by atoms with van der Waals surface area (Å²) in [4.78, 5) is 4.97. The van der Waals surface area contributed by atoms with Gasteiger partial charge >= 0.3 is 0 Å². The van der Waals surface area contributed by atoms with Gasteiger partial charge in [0.05, 0.1) is 11.4 Å². The molecule has 0 N–H and O–H groups in total. The number of hydrogen-bond donors (Lipinski definition) is 0. The van der Waals surface area contributed by atoms with Gasteiger partial charge in [-0.3, -0.25) is 0 Å². The normalized spacial score (nSPS) is 14.1. The lowest BCUT2D eigenvalue weighted by molar-refractivity contribution is 0.490. The third-order valence-electron chi connectivity index (χ3n) is 15.6. The number of fused-ring (bicyclic) bond motifs is 6. The monoisotopic (exact) mass is 824 g/mol. The third kappa shape index (κ3) is 5.32. The lowest BCUT2D eigenvalue weighted by atomic mass is 9.74. The molecule has 0 saturated carbocycles. The van der Waals surface area contributed by atoms with Gasteiger partial charge in [0.25, 0.3) is 0 Å². The fraction of sp³-hybridized carbons (Fsp3) is 0.161. The molecule has 0 fully saturated rings. The van der Waals surface area contributed by atoms with Crippen LogP contribution in [0.5, 0.6) is 0 Å². The molecule has 10 aromatic carbocycles. The van der Waals surface area contributed by atoms with Crippen LogP contribution in [0, 0.1) is 0 Å². The van der Waals surface area contributed by atoms with Crippen LogP contribution in [0.4, 0.5) is 34.1 Å². The molecule has 0 amide bonds. The summed E-state index contributed by atoms with van der Waals surface area (Å²) in [7, 11) is 0. The van der Waals surface area contributed by atoms with Crippen molar-refractivity contribution in [1.82, 2.24) is 0 Å². The zero-order chi connectivity index (χ0) is 43.2. The SMILES string of the molecule is CCC1(CC)c2ccccc2-c2cc(N(c3ccccc3)c3ccc4ccc5c(N(c6ccccc6)c6ccc7c(c6)-c6ccccc6C7(CC)CC)ccc6ccc3c4c65)ccc21. The predicted molar refractivity (Wildman–Crippen MR) is 273 cm³/mol. The van der Waals surface area contributed by atoms with E-state index in [1.165, 1.54) is 99.6 Å². The minimum atomic E-state index is 0.0280. The van der Waals surface area contributed by atoms with Crippen molar-refractivity contribution in [2.45, 2.75) is 64.2 Å². The second-order valence-corrected chi connectivity index (χ2v) is 18.1. The molecule has 10 aromatic rings. The van der Waals surface area contributed by atoms with Gasteiger partial charge in [-0.1, -0.05) is 161 Å². The Morgan fingerprint density at radius 2 is 0.672 bits per heavy atom. The van der Waals surface area contributed by atoms with Gasteiger partial charge in [0, 0.05) is 44.4 Å². The molecular weight excluding hydrogens is 773 g/mol. The zero-order valence-electron chi connectivity index (χ0n) is 37.2. The predicted octanol–water partition coefficient (Wildman–Crippen LogP) is 17.7. The smallest absolute Gasteiger partial charge is 0.0540 e. The number of benzene rings is 10. The van der Waals surface area contributed by atoms with E-state index in [2.05, 4.69) is 232 Å². The molecule has 0 atom stereocenters. The molecule has 0 aromatic heterocycles. The highest BCUT2D eigenvalue weighted by Crippen LogP contribution is 2.56. The Kier molecular flexibility index (Phi) is 8.85. The van der Waals surface area contributed by atoms with Gasteiger partial charge in [0.2, 0.25) is 0 Å². The van der Waals surface area contributed by atoms with Crippen LogP contribution in [0.25, 0.3) is 54.6 Å². The van der Waals surface area contributed by atoms with E-state index >= 15 is 0 Å². The first-order chi connectivity index (χ1) is 31.5. The van der Waals surface area contributed by atoms with E-state index in [1.807, 2.05) is 0 Å². The number of anilines is 6. The summed E-state index contributed by atoms with van der Waals surface area (Å²) in [5, 5.41) is 7.57. The third-order valence-corrected chi connectivity index (χ3v) is 15.6. The van der Waals surface area contributed by atoms with Crippen molar-refractivity contribution in [3.63, 3.8) is 0 Å². The molecule has 2 nitrogen and oxygen atoms in total. The average Bonchev–Trinajstić information content (AvgIpc) is 3.81. The Labute approximate surface area is 377 Å². The Bertz CT molecular complexity index is 3160. The first-order valence-corrected chi connectivity index (χ1v) is 23.4. The van der Waals surface area contributed by atoms with Crippen LogP contribution in [0.3, 0.4) is 0 Å².